The summed E-state index contributed by atoms with van der Waals surface area (Å²) in [5.41, 5.74) is 1.23. The maximum absolute atomic E-state index is 12.6. The molecule has 3 aliphatic carbocycles. The van der Waals surface area contributed by atoms with E-state index in [0.717, 1.165) is 74.3 Å². The number of halogens is 1. The third-order valence-electron chi connectivity index (χ3n) is 11.2. The predicted octanol–water partition coefficient (Wildman–Crippen LogP) is 7.23. The lowest BCUT2D eigenvalue weighted by Gasteiger charge is -2.49. The van der Waals surface area contributed by atoms with E-state index in [1.807, 2.05) is 18.2 Å². The number of fused-ring (bicyclic) bond motifs is 2. The van der Waals surface area contributed by atoms with Crippen LogP contribution in [0.1, 0.15) is 76.1 Å². The molecule has 9 atom stereocenters. The van der Waals surface area contributed by atoms with Gasteiger partial charge in [0.05, 0.1) is 43.4 Å². The Kier molecular flexibility index (Phi) is 11.2. The Morgan fingerprint density at radius 2 is 1.89 bits per heavy atom. The largest absolute Gasteiger partial charge is 0.490 e. The molecule has 8 nitrogen and oxygen atoms in total. The minimum absolute atomic E-state index is 0.0133. The SMILES string of the molecule is COC(=O)c1ccc2c(c1)N(C[C@@H]1CC[C@H]1[C@@H](OC)[C@H]1C[C@H](OS(C)(=O)=O)[C@H](C)C[C@@H]1C)CCCCC1C=C(Cl)C=CC1(C)CO2. The van der Waals surface area contributed by atoms with E-state index in [-0.39, 0.29) is 41.3 Å². The molecule has 46 heavy (non-hydrogen) atoms. The molecule has 0 aromatic heterocycles. The van der Waals surface area contributed by atoms with Gasteiger partial charge >= 0.3 is 5.97 Å². The average molecular weight is 678 g/mol. The fourth-order valence-corrected chi connectivity index (χ4v) is 9.34. The number of esters is 1. The number of anilines is 1. The molecular weight excluding hydrogens is 626 g/mol. The van der Waals surface area contributed by atoms with Crippen molar-refractivity contribution in [3.8, 4) is 5.75 Å². The van der Waals surface area contributed by atoms with Crippen LogP contribution in [0.4, 0.5) is 5.69 Å². The first-order valence-corrected chi connectivity index (χ1v) is 19.1. The Balaban J connectivity index is 1.40. The Morgan fingerprint density at radius 1 is 1.11 bits per heavy atom. The molecule has 4 aliphatic rings. The van der Waals surface area contributed by atoms with Gasteiger partial charge in [0, 0.05) is 30.6 Å². The monoisotopic (exact) mass is 677 g/mol. The zero-order valence-corrected chi connectivity index (χ0v) is 29.8. The van der Waals surface area contributed by atoms with Gasteiger partial charge in [0.25, 0.3) is 10.1 Å². The summed E-state index contributed by atoms with van der Waals surface area (Å²) in [4.78, 5) is 15.1. The number of hydrogen-bond donors (Lipinski definition) is 0. The normalized spacial score (nSPS) is 34.1. The Bertz CT molecular complexity index is 1410. The highest BCUT2D eigenvalue weighted by molar-refractivity contribution is 7.86. The van der Waals surface area contributed by atoms with Crippen molar-refractivity contribution in [1.29, 1.82) is 0 Å². The number of ether oxygens (including phenoxy) is 3. The van der Waals surface area contributed by atoms with E-state index in [0.29, 0.717) is 36.3 Å². The first kappa shape index (κ1) is 35.2. The van der Waals surface area contributed by atoms with Gasteiger partial charge in [0.15, 0.2) is 0 Å². The molecule has 5 rings (SSSR count). The highest BCUT2D eigenvalue weighted by atomic mass is 35.5. The number of hydrogen-bond acceptors (Lipinski definition) is 8. The van der Waals surface area contributed by atoms with Gasteiger partial charge in [-0.05, 0) is 98.3 Å². The maximum atomic E-state index is 12.6. The minimum Gasteiger partial charge on any atom is -0.490 e. The zero-order valence-electron chi connectivity index (χ0n) is 28.2. The molecule has 256 valence electrons. The van der Waals surface area contributed by atoms with Crippen molar-refractivity contribution in [3.63, 3.8) is 0 Å². The lowest BCUT2D eigenvalue weighted by molar-refractivity contribution is -0.0926. The lowest BCUT2D eigenvalue weighted by atomic mass is 9.62. The van der Waals surface area contributed by atoms with Gasteiger partial charge in [0.2, 0.25) is 0 Å². The smallest absolute Gasteiger partial charge is 0.337 e. The maximum Gasteiger partial charge on any atom is 0.337 e. The summed E-state index contributed by atoms with van der Waals surface area (Å²) in [5, 5.41) is 0.779. The summed E-state index contributed by atoms with van der Waals surface area (Å²) in [6.45, 7) is 8.74. The third kappa shape index (κ3) is 7.96. The fraction of sp³-hybridized carbons (Fsp3) is 0.694. The average Bonchev–Trinajstić information content (AvgIpc) is 3.02. The Morgan fingerprint density at radius 3 is 2.57 bits per heavy atom. The second kappa shape index (κ2) is 14.6. The van der Waals surface area contributed by atoms with Crippen molar-refractivity contribution in [1.82, 2.24) is 0 Å². The molecule has 1 aromatic carbocycles. The summed E-state index contributed by atoms with van der Waals surface area (Å²) in [6, 6.07) is 5.61. The molecule has 2 fully saturated rings. The van der Waals surface area contributed by atoms with Crippen molar-refractivity contribution in [2.24, 2.45) is 40.9 Å². The van der Waals surface area contributed by atoms with Crippen LogP contribution in [0.3, 0.4) is 0 Å². The molecule has 2 saturated carbocycles. The van der Waals surface area contributed by atoms with E-state index < -0.39 is 10.1 Å². The molecule has 10 heteroatoms. The predicted molar refractivity (Wildman–Crippen MR) is 182 cm³/mol. The van der Waals surface area contributed by atoms with E-state index >= 15 is 0 Å². The van der Waals surface area contributed by atoms with E-state index in [1.165, 1.54) is 7.11 Å². The number of benzene rings is 1. The summed E-state index contributed by atoms with van der Waals surface area (Å²) in [5.74, 6) is 2.18. The first-order valence-electron chi connectivity index (χ1n) is 16.9. The van der Waals surface area contributed by atoms with Crippen LogP contribution in [-0.4, -0.2) is 66.8 Å². The van der Waals surface area contributed by atoms with Crippen LogP contribution in [0.25, 0.3) is 0 Å². The second-order valence-corrected chi connectivity index (χ2v) is 16.6. The first-order chi connectivity index (χ1) is 21.8. The molecule has 2 unspecified atom stereocenters. The quantitative estimate of drug-likeness (QED) is 0.210. The zero-order chi connectivity index (χ0) is 33.2. The molecule has 0 amide bonds. The Labute approximate surface area is 280 Å². The number of carbonyl (C=O) groups excluding carboxylic acids is 1. The molecule has 1 aromatic rings. The number of allylic oxidation sites excluding steroid dienone is 3. The van der Waals surface area contributed by atoms with Crippen LogP contribution < -0.4 is 9.64 Å². The van der Waals surface area contributed by atoms with E-state index in [1.54, 1.807) is 13.2 Å². The topological polar surface area (TPSA) is 91.4 Å². The Hall–Kier alpha value is -2.07. The minimum atomic E-state index is -3.55. The van der Waals surface area contributed by atoms with Gasteiger partial charge in [-0.3, -0.25) is 4.18 Å². The highest BCUT2D eigenvalue weighted by Gasteiger charge is 2.47. The molecular formula is C36H52ClNO7S. The molecule has 0 radical (unpaired) electrons. The number of methoxy groups -OCH3 is 2. The molecule has 0 N–H and O–H groups in total. The van der Waals surface area contributed by atoms with Crippen molar-refractivity contribution >= 4 is 33.4 Å². The van der Waals surface area contributed by atoms with Crippen molar-refractivity contribution in [3.05, 3.63) is 47.0 Å². The molecule has 0 spiro atoms. The van der Waals surface area contributed by atoms with Gasteiger partial charge in [-0.15, -0.1) is 0 Å². The van der Waals surface area contributed by atoms with Gasteiger partial charge in [-0.1, -0.05) is 50.9 Å². The second-order valence-electron chi connectivity index (χ2n) is 14.5. The van der Waals surface area contributed by atoms with Crippen molar-refractivity contribution in [2.45, 2.75) is 77.9 Å². The lowest BCUT2D eigenvalue weighted by Crippen LogP contribution is -2.50. The van der Waals surface area contributed by atoms with Crippen molar-refractivity contribution in [2.75, 3.05) is 45.1 Å². The third-order valence-corrected chi connectivity index (χ3v) is 12.1. The van der Waals surface area contributed by atoms with Gasteiger partial charge in [0.1, 0.15) is 5.75 Å². The van der Waals surface area contributed by atoms with E-state index in [4.69, 9.17) is 30.0 Å². The number of nitrogens with zero attached hydrogens (tertiary/aromatic N) is 1. The number of carbonyl (C=O) groups is 1. The van der Waals surface area contributed by atoms with Crippen LogP contribution >= 0.6 is 11.6 Å². The van der Waals surface area contributed by atoms with E-state index in [2.05, 4.69) is 37.8 Å². The molecule has 0 bridgehead atoms. The molecule has 1 aliphatic heterocycles. The van der Waals surface area contributed by atoms with Crippen LogP contribution in [0.2, 0.25) is 0 Å². The van der Waals surface area contributed by atoms with Crippen LogP contribution in [0.15, 0.2) is 41.5 Å². The van der Waals surface area contributed by atoms with Crippen LogP contribution in [0.5, 0.6) is 5.75 Å². The van der Waals surface area contributed by atoms with Crippen LogP contribution in [-0.2, 0) is 23.8 Å². The summed E-state index contributed by atoms with van der Waals surface area (Å²) in [6.07, 6.45) is 13.9. The van der Waals surface area contributed by atoms with Gasteiger partial charge in [-0.2, -0.15) is 8.42 Å². The van der Waals surface area contributed by atoms with Gasteiger partial charge < -0.3 is 19.1 Å². The molecule has 0 saturated heterocycles. The molecule has 1 heterocycles. The summed E-state index contributed by atoms with van der Waals surface area (Å²) >= 11 is 6.44. The van der Waals surface area contributed by atoms with Gasteiger partial charge in [-0.25, -0.2) is 4.79 Å². The van der Waals surface area contributed by atoms with E-state index in [9.17, 15) is 13.2 Å². The number of rotatable bonds is 8. The summed E-state index contributed by atoms with van der Waals surface area (Å²) < 4.78 is 47.6. The highest BCUT2D eigenvalue weighted by Crippen LogP contribution is 2.48. The van der Waals surface area contributed by atoms with Crippen molar-refractivity contribution < 1.29 is 31.6 Å². The fourth-order valence-electron chi connectivity index (χ4n) is 8.41. The summed E-state index contributed by atoms with van der Waals surface area (Å²) in [7, 11) is -0.342. The standard InChI is InChI=1S/C36H52ClNO7S/c1-23-17-24(2)33(45-46(6,40)41)20-30(23)34(42-4)29-12-10-26(29)21-38-16-8-7-9-27-19-28(37)14-15-36(27,3)22-44-32-13-11-25(18-31(32)38)35(39)43-5/h11,13-15,18-19,23-24,26-27,29-30,33-34H,7-10,12,16-17,20-22H2,1-6H3/t23-,24+,26-,27?,29+,30-,33-,34+,36?/m0/s1. The van der Waals surface area contributed by atoms with Crippen LogP contribution in [0, 0.1) is 40.9 Å².